The Kier molecular flexibility index (Phi) is 4.58. The van der Waals surface area contributed by atoms with Crippen molar-refractivity contribution in [2.75, 3.05) is 5.32 Å². The summed E-state index contributed by atoms with van der Waals surface area (Å²) in [4.78, 5) is 30.0. The number of H-pyrrole nitrogens is 2. The molecular weight excluding hydrogens is 452 g/mol. The molecule has 1 saturated carbocycles. The second-order valence-electron chi connectivity index (χ2n) is 6.97. The zero-order valence-electron chi connectivity index (χ0n) is 15.6. The first-order valence-corrected chi connectivity index (χ1v) is 10.2. The SMILES string of the molecule is O=c1[nH]c(O)c(/C=c2\cnn3c(=NC4CC4)nc(NCc4ccccc4Br)nc23)[nH]1. The quantitative estimate of drug-likeness (QED) is 0.342. The molecule has 1 aliphatic rings. The maximum Gasteiger partial charge on any atom is 0.326 e. The van der Waals surface area contributed by atoms with Crippen molar-refractivity contribution in [2.45, 2.75) is 25.4 Å². The number of nitrogens with zero attached hydrogens (tertiary/aromatic N) is 5. The summed E-state index contributed by atoms with van der Waals surface area (Å²) in [6.45, 7) is 0.527. The van der Waals surface area contributed by atoms with Gasteiger partial charge in [0.2, 0.25) is 11.8 Å². The van der Waals surface area contributed by atoms with Crippen LogP contribution < -0.4 is 21.8 Å². The molecule has 152 valence electrons. The molecule has 1 aromatic carbocycles. The lowest BCUT2D eigenvalue weighted by Crippen LogP contribution is -2.24. The van der Waals surface area contributed by atoms with Crippen LogP contribution in [0.2, 0.25) is 0 Å². The predicted octanol–water partition coefficient (Wildman–Crippen LogP) is 0.832. The number of benzene rings is 1. The Bertz CT molecular complexity index is 1420. The van der Waals surface area contributed by atoms with E-state index >= 15 is 0 Å². The Morgan fingerprint density at radius 2 is 2.13 bits per heavy atom. The molecule has 0 amide bonds. The fraction of sp³-hybridized carbons (Fsp3) is 0.211. The van der Waals surface area contributed by atoms with Gasteiger partial charge in [-0.2, -0.15) is 19.6 Å². The second kappa shape index (κ2) is 7.41. The lowest BCUT2D eigenvalue weighted by atomic mass is 10.2. The van der Waals surface area contributed by atoms with E-state index in [0.29, 0.717) is 29.0 Å². The van der Waals surface area contributed by atoms with Gasteiger partial charge in [0.05, 0.1) is 12.2 Å². The Morgan fingerprint density at radius 1 is 1.30 bits per heavy atom. The van der Waals surface area contributed by atoms with E-state index in [0.717, 1.165) is 22.9 Å². The summed E-state index contributed by atoms with van der Waals surface area (Å²) in [6, 6.07) is 8.16. The van der Waals surface area contributed by atoms with Crippen molar-refractivity contribution in [1.29, 1.82) is 0 Å². The van der Waals surface area contributed by atoms with E-state index in [1.807, 2.05) is 24.3 Å². The summed E-state index contributed by atoms with van der Waals surface area (Å²) < 4.78 is 2.56. The van der Waals surface area contributed by atoms with E-state index in [9.17, 15) is 9.90 Å². The van der Waals surface area contributed by atoms with Crippen LogP contribution in [0.1, 0.15) is 24.1 Å². The minimum absolute atomic E-state index is 0.247. The third-order valence-corrected chi connectivity index (χ3v) is 5.43. The minimum Gasteiger partial charge on any atom is -0.493 e. The number of anilines is 1. The summed E-state index contributed by atoms with van der Waals surface area (Å²) in [5.41, 5.74) is 1.79. The molecule has 11 heteroatoms. The monoisotopic (exact) mass is 468 g/mol. The van der Waals surface area contributed by atoms with Crippen molar-refractivity contribution in [2.24, 2.45) is 4.99 Å². The molecule has 3 heterocycles. The Morgan fingerprint density at radius 3 is 2.87 bits per heavy atom. The molecule has 1 aliphatic carbocycles. The number of imidazole rings is 1. The van der Waals surface area contributed by atoms with Gasteiger partial charge in [-0.15, -0.1) is 0 Å². The second-order valence-corrected chi connectivity index (χ2v) is 7.83. The third-order valence-electron chi connectivity index (χ3n) is 4.65. The van der Waals surface area contributed by atoms with Crippen LogP contribution in [-0.4, -0.2) is 40.7 Å². The number of hydrogen-bond donors (Lipinski definition) is 4. The smallest absolute Gasteiger partial charge is 0.326 e. The Balaban J connectivity index is 1.60. The molecule has 0 spiro atoms. The van der Waals surface area contributed by atoms with E-state index in [1.54, 1.807) is 16.8 Å². The number of rotatable bonds is 5. The summed E-state index contributed by atoms with van der Waals surface area (Å²) in [5, 5.41) is 18.1. The number of fused-ring (bicyclic) bond motifs is 1. The van der Waals surface area contributed by atoms with Crippen LogP contribution in [0.5, 0.6) is 5.88 Å². The fourth-order valence-electron chi connectivity index (χ4n) is 2.98. The molecule has 0 saturated heterocycles. The topological polar surface area (TPSA) is 136 Å². The number of aromatic hydroxyl groups is 1. The van der Waals surface area contributed by atoms with Crippen LogP contribution in [0.4, 0.5) is 5.95 Å². The van der Waals surface area contributed by atoms with Crippen molar-refractivity contribution >= 4 is 33.6 Å². The number of halogens is 1. The molecule has 0 radical (unpaired) electrons. The first-order valence-electron chi connectivity index (χ1n) is 9.37. The van der Waals surface area contributed by atoms with Gasteiger partial charge in [-0.1, -0.05) is 34.1 Å². The highest BCUT2D eigenvalue weighted by atomic mass is 79.9. The van der Waals surface area contributed by atoms with Gasteiger partial charge in [-0.25, -0.2) is 9.79 Å². The van der Waals surface area contributed by atoms with E-state index in [4.69, 9.17) is 0 Å². The van der Waals surface area contributed by atoms with Gasteiger partial charge < -0.3 is 15.4 Å². The van der Waals surface area contributed by atoms with Crippen LogP contribution in [0.15, 0.2) is 44.7 Å². The van der Waals surface area contributed by atoms with Gasteiger partial charge in [-0.05, 0) is 30.5 Å². The first kappa shape index (κ1) is 18.6. The van der Waals surface area contributed by atoms with Gasteiger partial charge in [-0.3, -0.25) is 4.98 Å². The van der Waals surface area contributed by atoms with Gasteiger partial charge in [0.15, 0.2) is 5.65 Å². The van der Waals surface area contributed by atoms with Crippen molar-refractivity contribution in [3.05, 3.63) is 67.5 Å². The molecule has 1 fully saturated rings. The third kappa shape index (κ3) is 3.71. The normalized spacial score (nSPS) is 15.2. The highest BCUT2D eigenvalue weighted by Crippen LogP contribution is 2.22. The van der Waals surface area contributed by atoms with Crippen LogP contribution in [0, 0.1) is 0 Å². The minimum atomic E-state index is -0.495. The molecular formula is C19H17BrN8O2. The van der Waals surface area contributed by atoms with E-state index in [1.165, 1.54) is 0 Å². The maximum absolute atomic E-state index is 11.4. The van der Waals surface area contributed by atoms with E-state index < -0.39 is 5.69 Å². The lowest BCUT2D eigenvalue weighted by Gasteiger charge is -2.07. The summed E-state index contributed by atoms with van der Waals surface area (Å²) >= 11 is 3.54. The average Bonchev–Trinajstić information content (AvgIpc) is 3.36. The fourth-order valence-corrected chi connectivity index (χ4v) is 3.40. The average molecular weight is 469 g/mol. The predicted molar refractivity (Wildman–Crippen MR) is 113 cm³/mol. The summed E-state index contributed by atoms with van der Waals surface area (Å²) in [5.74, 6) is 0.170. The molecule has 4 N–H and O–H groups in total. The molecule has 30 heavy (non-hydrogen) atoms. The van der Waals surface area contributed by atoms with Crippen molar-refractivity contribution in [3.63, 3.8) is 0 Å². The van der Waals surface area contributed by atoms with Crippen LogP contribution in [0.25, 0.3) is 11.7 Å². The molecule has 4 aromatic rings. The summed E-state index contributed by atoms with van der Waals surface area (Å²) in [7, 11) is 0. The van der Waals surface area contributed by atoms with Crippen LogP contribution >= 0.6 is 15.9 Å². The number of nitrogens with one attached hydrogen (secondary N) is 3. The first-order chi connectivity index (χ1) is 14.6. The van der Waals surface area contributed by atoms with Crippen LogP contribution in [0.3, 0.4) is 0 Å². The lowest BCUT2D eigenvalue weighted by molar-refractivity contribution is 0.454. The van der Waals surface area contributed by atoms with Crippen molar-refractivity contribution < 1.29 is 5.11 Å². The molecule has 3 aromatic heterocycles. The molecule has 0 atom stereocenters. The van der Waals surface area contributed by atoms with Gasteiger partial charge in [0, 0.05) is 16.2 Å². The largest absolute Gasteiger partial charge is 0.493 e. The number of aromatic nitrogens is 6. The van der Waals surface area contributed by atoms with Crippen molar-refractivity contribution in [1.82, 2.24) is 29.5 Å². The Hall–Kier alpha value is -3.47. The highest BCUT2D eigenvalue weighted by Gasteiger charge is 2.21. The zero-order chi connectivity index (χ0) is 20.7. The number of aromatic amines is 2. The summed E-state index contributed by atoms with van der Waals surface area (Å²) in [6.07, 6.45) is 5.26. The van der Waals surface area contributed by atoms with Gasteiger partial charge >= 0.3 is 5.69 Å². The van der Waals surface area contributed by atoms with E-state index in [2.05, 4.69) is 51.3 Å². The number of hydrogen-bond acceptors (Lipinski definition) is 7. The standard InChI is InChI=1S/C19H17BrN8O2/c20-13-4-2-1-3-10(13)8-21-17-25-15-11(7-14-16(29)26-19(30)24-14)9-22-28(15)18(27-17)23-12-5-6-12/h1-4,7,9,12,29H,5-6,8H2,(H,21,23,27)(H2,24,26,30)/b11-7+. The highest BCUT2D eigenvalue weighted by molar-refractivity contribution is 9.10. The molecule has 0 bridgehead atoms. The molecule has 0 aliphatic heterocycles. The molecule has 0 unspecified atom stereocenters. The van der Waals surface area contributed by atoms with Crippen LogP contribution in [-0.2, 0) is 6.54 Å². The van der Waals surface area contributed by atoms with E-state index in [-0.39, 0.29) is 17.6 Å². The van der Waals surface area contributed by atoms with Gasteiger partial charge in [0.1, 0.15) is 5.69 Å². The zero-order valence-corrected chi connectivity index (χ0v) is 17.2. The van der Waals surface area contributed by atoms with Gasteiger partial charge in [0.25, 0.3) is 5.62 Å². The molecule has 5 rings (SSSR count). The molecule has 10 nitrogen and oxygen atoms in total. The maximum atomic E-state index is 11.4. The Labute approximate surface area is 177 Å². The van der Waals surface area contributed by atoms with Crippen molar-refractivity contribution in [3.8, 4) is 5.88 Å².